The molecule has 1 aliphatic carbocycles. The summed E-state index contributed by atoms with van der Waals surface area (Å²) in [5, 5.41) is 2.80. The van der Waals surface area contributed by atoms with Gasteiger partial charge in [0.25, 0.3) is 11.8 Å². The van der Waals surface area contributed by atoms with Gasteiger partial charge in [0.05, 0.1) is 10.5 Å². The Hall–Kier alpha value is -2.85. The van der Waals surface area contributed by atoms with E-state index in [1.54, 1.807) is 47.3 Å². The lowest BCUT2D eigenvalue weighted by Gasteiger charge is -2.30. The van der Waals surface area contributed by atoms with Crippen molar-refractivity contribution in [2.45, 2.75) is 36.2 Å². The maximum atomic E-state index is 13.7. The summed E-state index contributed by atoms with van der Waals surface area (Å²) in [5.41, 5.74) is 1.94. The van der Waals surface area contributed by atoms with Gasteiger partial charge in [-0.3, -0.25) is 4.79 Å². The Morgan fingerprint density at radius 3 is 2.65 bits per heavy atom. The summed E-state index contributed by atoms with van der Waals surface area (Å²) >= 11 is 0. The van der Waals surface area contributed by atoms with E-state index in [1.165, 1.54) is 16.4 Å². The molecule has 2 atom stereocenters. The lowest BCUT2D eigenvalue weighted by Crippen LogP contribution is -2.44. The van der Waals surface area contributed by atoms with Crippen LogP contribution in [0.4, 0.5) is 8.78 Å². The number of sulfonamides is 1. The smallest absolute Gasteiger partial charge is 0.253 e. The van der Waals surface area contributed by atoms with Crippen LogP contribution in [0.5, 0.6) is 0 Å². The van der Waals surface area contributed by atoms with E-state index in [1.807, 2.05) is 0 Å². The molecule has 10 heteroatoms. The lowest BCUT2D eigenvalue weighted by atomic mass is 10.1. The van der Waals surface area contributed by atoms with Crippen LogP contribution in [0.3, 0.4) is 0 Å². The average molecular weight is 446 g/mol. The van der Waals surface area contributed by atoms with Crippen molar-refractivity contribution >= 4 is 21.6 Å². The van der Waals surface area contributed by atoms with E-state index in [2.05, 4.69) is 10.3 Å². The molecular formula is C21H20F2N4O3S. The highest BCUT2D eigenvalue weighted by molar-refractivity contribution is 7.89. The molecule has 162 valence electrons. The Bertz CT molecular complexity index is 1260. The van der Waals surface area contributed by atoms with Crippen LogP contribution in [0.1, 0.15) is 28.8 Å². The average Bonchev–Trinajstić information content (AvgIpc) is 3.45. The number of rotatable bonds is 5. The third kappa shape index (κ3) is 3.49. The van der Waals surface area contributed by atoms with E-state index in [0.29, 0.717) is 5.56 Å². The van der Waals surface area contributed by atoms with Gasteiger partial charge in [0.1, 0.15) is 5.65 Å². The molecule has 1 aliphatic heterocycles. The van der Waals surface area contributed by atoms with Crippen LogP contribution in [-0.2, 0) is 16.6 Å². The second-order valence-electron chi connectivity index (χ2n) is 8.06. The maximum absolute atomic E-state index is 13.7. The number of nitrogens with one attached hydrogen (secondary N) is 1. The second-order valence-corrected chi connectivity index (χ2v) is 9.95. The normalized spacial score (nSPS) is 22.8. The number of amides is 1. The Balaban J connectivity index is 1.24. The molecule has 1 saturated carbocycles. The van der Waals surface area contributed by atoms with Gasteiger partial charge in [0.15, 0.2) is 0 Å². The Morgan fingerprint density at radius 2 is 1.97 bits per heavy atom. The molecule has 5 rings (SSSR count). The lowest BCUT2D eigenvalue weighted by molar-refractivity contribution is -0.0559. The van der Waals surface area contributed by atoms with Crippen LogP contribution in [0.2, 0.25) is 0 Å². The van der Waals surface area contributed by atoms with Crippen LogP contribution in [-0.4, -0.2) is 46.5 Å². The van der Waals surface area contributed by atoms with Crippen molar-refractivity contribution in [1.82, 2.24) is 19.0 Å². The molecule has 2 bridgehead atoms. The Morgan fingerprint density at radius 1 is 1.19 bits per heavy atom. The van der Waals surface area contributed by atoms with Gasteiger partial charge in [-0.1, -0.05) is 12.1 Å². The van der Waals surface area contributed by atoms with Crippen molar-refractivity contribution in [2.75, 3.05) is 6.54 Å². The van der Waals surface area contributed by atoms with Crippen LogP contribution in [0, 0.1) is 5.92 Å². The van der Waals surface area contributed by atoms with E-state index in [9.17, 15) is 22.0 Å². The monoisotopic (exact) mass is 446 g/mol. The predicted molar refractivity (Wildman–Crippen MR) is 108 cm³/mol. The van der Waals surface area contributed by atoms with Crippen molar-refractivity contribution in [2.24, 2.45) is 5.92 Å². The summed E-state index contributed by atoms with van der Waals surface area (Å²) in [4.78, 5) is 16.6. The molecule has 31 heavy (non-hydrogen) atoms. The Kier molecular flexibility index (Phi) is 4.60. The minimum absolute atomic E-state index is 0.0732. The second kappa shape index (κ2) is 7.10. The van der Waals surface area contributed by atoms with Crippen molar-refractivity contribution < 1.29 is 22.0 Å². The first-order valence-corrected chi connectivity index (χ1v) is 11.4. The molecule has 2 aromatic heterocycles. The highest BCUT2D eigenvalue weighted by Crippen LogP contribution is 2.49. The molecule has 0 spiro atoms. The molecule has 1 aromatic carbocycles. The SMILES string of the molecule is O=C(NCc1ccc(S(=O)(=O)N2CC3CC2CC3(F)F)cc1)c1ccc2nccn2c1. The number of carbonyl (C=O) groups is 1. The number of nitrogens with zero attached hydrogens (tertiary/aromatic N) is 3. The number of fused-ring (bicyclic) bond motifs is 3. The summed E-state index contributed by atoms with van der Waals surface area (Å²) < 4.78 is 56.2. The predicted octanol–water partition coefficient (Wildman–Crippen LogP) is 2.68. The maximum Gasteiger partial charge on any atom is 0.253 e. The number of imidazole rings is 1. The molecular weight excluding hydrogens is 426 g/mol. The molecule has 3 aromatic rings. The number of carbonyl (C=O) groups excluding carboxylic acids is 1. The highest BCUT2D eigenvalue weighted by Gasteiger charge is 2.58. The summed E-state index contributed by atoms with van der Waals surface area (Å²) in [5.74, 6) is -3.94. The van der Waals surface area contributed by atoms with Crippen molar-refractivity contribution in [3.63, 3.8) is 0 Å². The first kappa shape index (κ1) is 20.1. The molecule has 2 unspecified atom stereocenters. The Labute approximate surface area is 177 Å². The van der Waals surface area contributed by atoms with Crippen LogP contribution < -0.4 is 5.32 Å². The van der Waals surface area contributed by atoms with E-state index in [0.717, 1.165) is 11.2 Å². The largest absolute Gasteiger partial charge is 0.348 e. The minimum Gasteiger partial charge on any atom is -0.348 e. The van der Waals surface area contributed by atoms with Crippen molar-refractivity contribution in [3.05, 3.63) is 66.1 Å². The first-order chi connectivity index (χ1) is 14.7. The summed E-state index contributed by atoms with van der Waals surface area (Å²) in [6, 6.07) is 8.94. The van der Waals surface area contributed by atoms with Gasteiger partial charge >= 0.3 is 0 Å². The minimum atomic E-state index is -3.82. The molecule has 0 radical (unpaired) electrons. The third-order valence-electron chi connectivity index (χ3n) is 6.10. The fraction of sp³-hybridized carbons (Fsp3) is 0.333. The number of aromatic nitrogens is 2. The topological polar surface area (TPSA) is 83.8 Å². The van der Waals surface area contributed by atoms with E-state index in [-0.39, 0.29) is 30.3 Å². The van der Waals surface area contributed by atoms with Gasteiger partial charge in [0, 0.05) is 50.1 Å². The standard InChI is InChI=1S/C21H20F2N4O3S/c22-21(23)10-17-9-16(21)13-27(17)31(29,30)18-4-1-14(2-5-18)11-25-20(28)15-3-6-19-24-7-8-26(19)12-15/h1-8,12,16-17H,9-11,13H2,(H,25,28). The number of hydrogen-bond acceptors (Lipinski definition) is 4. The number of hydrogen-bond donors (Lipinski definition) is 1. The summed E-state index contributed by atoms with van der Waals surface area (Å²) in [6.45, 7) is 0.0842. The van der Waals surface area contributed by atoms with E-state index in [4.69, 9.17) is 0 Å². The quantitative estimate of drug-likeness (QED) is 0.653. The number of benzene rings is 1. The van der Waals surface area contributed by atoms with Crippen LogP contribution in [0.15, 0.2) is 59.9 Å². The van der Waals surface area contributed by atoms with Gasteiger partial charge in [-0.15, -0.1) is 0 Å². The highest BCUT2D eigenvalue weighted by atomic mass is 32.2. The van der Waals surface area contributed by atoms with Gasteiger partial charge in [-0.2, -0.15) is 4.31 Å². The third-order valence-corrected chi connectivity index (χ3v) is 8.04. The fourth-order valence-corrected chi connectivity index (χ4v) is 6.09. The molecule has 1 saturated heterocycles. The van der Waals surface area contributed by atoms with Crippen molar-refractivity contribution in [3.8, 4) is 0 Å². The molecule has 2 fully saturated rings. The number of alkyl halides is 2. The van der Waals surface area contributed by atoms with Crippen LogP contribution in [0.25, 0.3) is 5.65 Å². The molecule has 3 heterocycles. The van der Waals surface area contributed by atoms with Gasteiger partial charge < -0.3 is 9.72 Å². The molecule has 1 N–H and O–H groups in total. The van der Waals surface area contributed by atoms with E-state index >= 15 is 0 Å². The summed E-state index contributed by atoms with van der Waals surface area (Å²) in [7, 11) is -3.82. The number of halogens is 2. The number of pyridine rings is 1. The number of piperidine rings is 1. The molecule has 7 nitrogen and oxygen atoms in total. The summed E-state index contributed by atoms with van der Waals surface area (Å²) in [6.07, 6.45) is 4.87. The first-order valence-electron chi connectivity index (χ1n) is 9.93. The molecule has 2 aliphatic rings. The zero-order valence-electron chi connectivity index (χ0n) is 16.4. The van der Waals surface area contributed by atoms with E-state index < -0.39 is 34.3 Å². The van der Waals surface area contributed by atoms with Gasteiger partial charge in [-0.05, 0) is 36.2 Å². The van der Waals surface area contributed by atoms with Crippen LogP contribution >= 0.6 is 0 Å². The van der Waals surface area contributed by atoms with Crippen molar-refractivity contribution in [1.29, 1.82) is 0 Å². The molecule has 1 amide bonds. The fourth-order valence-electron chi connectivity index (χ4n) is 4.41. The zero-order chi connectivity index (χ0) is 21.8. The van der Waals surface area contributed by atoms with Gasteiger partial charge in [0.2, 0.25) is 10.0 Å². The zero-order valence-corrected chi connectivity index (χ0v) is 17.2. The van der Waals surface area contributed by atoms with Gasteiger partial charge in [-0.25, -0.2) is 22.2 Å².